The molecule has 29 heavy (non-hydrogen) atoms. The fourth-order valence-corrected chi connectivity index (χ4v) is 3.67. The van der Waals surface area contributed by atoms with Crippen LogP contribution in [0.15, 0.2) is 42.6 Å². The molecule has 154 valence electrons. The van der Waals surface area contributed by atoms with E-state index in [1.807, 2.05) is 12.1 Å². The van der Waals surface area contributed by atoms with E-state index in [1.54, 1.807) is 12.1 Å². The SMILES string of the molecule is O=C1NC(=O)C(Cc2ccc(OCCNc3ccc(OS(=O)(=O)O)cn3)cc2)S1. The van der Waals surface area contributed by atoms with Gasteiger partial charge in [-0.2, -0.15) is 8.42 Å². The number of hydrogen-bond acceptors (Lipinski definition) is 9. The van der Waals surface area contributed by atoms with Crippen molar-refractivity contribution in [3.63, 3.8) is 0 Å². The lowest BCUT2D eigenvalue weighted by Crippen LogP contribution is -2.25. The standard InChI is InChI=1S/C17H17N3O7S2/c21-16-14(28-17(22)20-16)9-11-1-3-12(4-2-11)26-8-7-18-15-6-5-13(10-19-15)27-29(23,24)25/h1-6,10,14H,7-9H2,(H,18,19)(H,20,21,22)(H,23,24,25). The normalized spacial score (nSPS) is 16.4. The number of anilines is 1. The van der Waals surface area contributed by atoms with Crippen molar-refractivity contribution in [3.05, 3.63) is 48.2 Å². The smallest absolute Gasteiger partial charge is 0.446 e. The molecule has 10 nitrogen and oxygen atoms in total. The lowest BCUT2D eigenvalue weighted by molar-refractivity contribution is -0.118. The van der Waals surface area contributed by atoms with E-state index in [-0.39, 0.29) is 16.9 Å². The Morgan fingerprint density at radius 2 is 1.86 bits per heavy atom. The van der Waals surface area contributed by atoms with Gasteiger partial charge in [-0.25, -0.2) is 4.98 Å². The summed E-state index contributed by atoms with van der Waals surface area (Å²) in [5.41, 5.74) is 0.925. The second-order valence-corrected chi connectivity index (χ2v) is 8.09. The predicted molar refractivity (Wildman–Crippen MR) is 105 cm³/mol. The third-order valence-corrected chi connectivity index (χ3v) is 5.11. The third kappa shape index (κ3) is 6.62. The van der Waals surface area contributed by atoms with Crippen LogP contribution in [0.25, 0.3) is 0 Å². The number of pyridine rings is 1. The molecule has 2 amide bonds. The van der Waals surface area contributed by atoms with Crippen molar-refractivity contribution in [2.75, 3.05) is 18.5 Å². The van der Waals surface area contributed by atoms with Crippen LogP contribution in [0.1, 0.15) is 5.56 Å². The number of nitrogens with one attached hydrogen (secondary N) is 2. The van der Waals surface area contributed by atoms with Crippen LogP contribution >= 0.6 is 11.8 Å². The Labute approximate surface area is 171 Å². The highest BCUT2D eigenvalue weighted by molar-refractivity contribution is 8.15. The van der Waals surface area contributed by atoms with Crippen molar-refractivity contribution in [2.24, 2.45) is 0 Å². The predicted octanol–water partition coefficient (Wildman–Crippen LogP) is 1.65. The van der Waals surface area contributed by atoms with Crippen molar-refractivity contribution in [1.82, 2.24) is 10.3 Å². The van der Waals surface area contributed by atoms with Crippen LogP contribution in [-0.4, -0.2) is 47.5 Å². The van der Waals surface area contributed by atoms with Crippen LogP contribution in [-0.2, 0) is 21.6 Å². The largest absolute Gasteiger partial charge is 0.492 e. The molecule has 0 bridgehead atoms. The number of thioether (sulfide) groups is 1. The Morgan fingerprint density at radius 3 is 2.45 bits per heavy atom. The zero-order chi connectivity index (χ0) is 20.9. The molecule has 0 saturated carbocycles. The highest BCUT2D eigenvalue weighted by Gasteiger charge is 2.31. The molecule has 2 heterocycles. The zero-order valence-corrected chi connectivity index (χ0v) is 16.5. The first kappa shape index (κ1) is 20.9. The van der Waals surface area contributed by atoms with Gasteiger partial charge in [0.25, 0.3) is 5.24 Å². The first-order valence-electron chi connectivity index (χ1n) is 8.38. The molecule has 1 unspecified atom stereocenters. The molecule has 1 aromatic heterocycles. The monoisotopic (exact) mass is 439 g/mol. The molecule has 3 N–H and O–H groups in total. The van der Waals surface area contributed by atoms with Crippen LogP contribution in [0.2, 0.25) is 0 Å². The van der Waals surface area contributed by atoms with Gasteiger partial charge in [-0.1, -0.05) is 23.9 Å². The van der Waals surface area contributed by atoms with E-state index in [9.17, 15) is 18.0 Å². The number of aromatic nitrogens is 1. The van der Waals surface area contributed by atoms with Crippen LogP contribution in [0.4, 0.5) is 10.6 Å². The topological polar surface area (TPSA) is 144 Å². The van der Waals surface area contributed by atoms with Crippen molar-refractivity contribution in [3.8, 4) is 11.5 Å². The first-order valence-corrected chi connectivity index (χ1v) is 10.6. The summed E-state index contributed by atoms with van der Waals surface area (Å²) >= 11 is 0.996. The lowest BCUT2D eigenvalue weighted by atomic mass is 10.1. The van der Waals surface area contributed by atoms with Gasteiger partial charge in [0.2, 0.25) is 5.91 Å². The number of nitrogens with zero attached hydrogens (tertiary/aromatic N) is 1. The Balaban J connectivity index is 1.40. The van der Waals surface area contributed by atoms with Gasteiger partial charge >= 0.3 is 10.4 Å². The fourth-order valence-electron chi connectivity index (χ4n) is 2.47. The Bertz CT molecular complexity index is 979. The number of benzene rings is 1. The fraction of sp³-hybridized carbons (Fsp3) is 0.235. The van der Waals surface area contributed by atoms with Gasteiger partial charge in [-0.05, 0) is 36.2 Å². The molecule has 1 aliphatic heterocycles. The van der Waals surface area contributed by atoms with E-state index in [1.165, 1.54) is 12.1 Å². The van der Waals surface area contributed by atoms with Gasteiger partial charge in [-0.3, -0.25) is 19.5 Å². The minimum Gasteiger partial charge on any atom is -0.492 e. The van der Waals surface area contributed by atoms with Crippen LogP contribution in [0.3, 0.4) is 0 Å². The first-order chi connectivity index (χ1) is 13.8. The second-order valence-electron chi connectivity index (χ2n) is 5.90. The van der Waals surface area contributed by atoms with E-state index >= 15 is 0 Å². The van der Waals surface area contributed by atoms with E-state index in [4.69, 9.17) is 9.29 Å². The molecule has 0 spiro atoms. The number of hydrogen-bond donors (Lipinski definition) is 3. The van der Waals surface area contributed by atoms with E-state index in [2.05, 4.69) is 19.8 Å². The highest BCUT2D eigenvalue weighted by atomic mass is 32.3. The molecule has 1 saturated heterocycles. The molecule has 0 aliphatic carbocycles. The lowest BCUT2D eigenvalue weighted by Gasteiger charge is -2.10. The minimum atomic E-state index is -4.57. The molecule has 3 rings (SSSR count). The van der Waals surface area contributed by atoms with Gasteiger partial charge in [0, 0.05) is 0 Å². The molecule has 2 aromatic rings. The number of carbonyl (C=O) groups is 2. The highest BCUT2D eigenvalue weighted by Crippen LogP contribution is 2.23. The number of amides is 2. The van der Waals surface area contributed by atoms with Crippen LogP contribution < -0.4 is 19.6 Å². The van der Waals surface area contributed by atoms with Crippen molar-refractivity contribution in [1.29, 1.82) is 0 Å². The summed E-state index contributed by atoms with van der Waals surface area (Å²) in [7, 11) is -4.57. The molecule has 1 fully saturated rings. The van der Waals surface area contributed by atoms with Gasteiger partial charge in [0.15, 0.2) is 5.75 Å². The molecule has 1 aliphatic rings. The summed E-state index contributed by atoms with van der Waals surface area (Å²) < 4.78 is 39.7. The Hall–Kier alpha value is -2.83. The molecular weight excluding hydrogens is 422 g/mol. The van der Waals surface area contributed by atoms with Crippen LogP contribution in [0, 0.1) is 0 Å². The molecule has 1 aromatic carbocycles. The van der Waals surface area contributed by atoms with E-state index in [0.29, 0.717) is 31.1 Å². The van der Waals surface area contributed by atoms with Gasteiger partial charge in [0.05, 0.1) is 18.0 Å². The Morgan fingerprint density at radius 1 is 1.14 bits per heavy atom. The van der Waals surface area contributed by atoms with E-state index < -0.39 is 15.6 Å². The quantitative estimate of drug-likeness (QED) is 0.390. The average molecular weight is 439 g/mol. The molecular formula is C17H17N3O7S2. The van der Waals surface area contributed by atoms with Crippen molar-refractivity contribution < 1.29 is 31.5 Å². The summed E-state index contributed by atoms with van der Waals surface area (Å²) in [6, 6.07) is 10.1. The average Bonchev–Trinajstić information content (AvgIpc) is 2.97. The van der Waals surface area contributed by atoms with E-state index in [0.717, 1.165) is 23.5 Å². The summed E-state index contributed by atoms with van der Waals surface area (Å²) in [4.78, 5) is 26.7. The summed E-state index contributed by atoms with van der Waals surface area (Å²) in [5.74, 6) is 0.762. The van der Waals surface area contributed by atoms with Crippen molar-refractivity contribution >= 4 is 39.1 Å². The molecule has 1 atom stereocenters. The summed E-state index contributed by atoms with van der Waals surface area (Å²) in [5, 5.41) is 4.53. The van der Waals surface area contributed by atoms with Gasteiger partial charge < -0.3 is 14.2 Å². The zero-order valence-electron chi connectivity index (χ0n) is 14.9. The minimum absolute atomic E-state index is 0.104. The maximum Gasteiger partial charge on any atom is 0.446 e. The van der Waals surface area contributed by atoms with Gasteiger partial charge in [-0.15, -0.1) is 0 Å². The van der Waals surface area contributed by atoms with Gasteiger partial charge in [0.1, 0.15) is 18.2 Å². The summed E-state index contributed by atoms with van der Waals surface area (Å²) in [6.45, 7) is 0.786. The number of ether oxygens (including phenoxy) is 1. The maximum absolute atomic E-state index is 11.6. The van der Waals surface area contributed by atoms with Crippen LogP contribution in [0.5, 0.6) is 11.5 Å². The third-order valence-electron chi connectivity index (χ3n) is 3.73. The number of carbonyl (C=O) groups excluding carboxylic acids is 2. The number of imide groups is 1. The maximum atomic E-state index is 11.6. The van der Waals surface area contributed by atoms with Crippen molar-refractivity contribution in [2.45, 2.75) is 11.7 Å². The summed E-state index contributed by atoms with van der Waals surface area (Å²) in [6.07, 6.45) is 1.62. The molecule has 0 radical (unpaired) electrons. The number of rotatable bonds is 9. The Kier molecular flexibility index (Phi) is 6.56. The molecule has 12 heteroatoms. The second kappa shape index (κ2) is 9.11.